The van der Waals surface area contributed by atoms with Crippen molar-refractivity contribution in [1.82, 2.24) is 19.7 Å². The first-order valence-corrected chi connectivity index (χ1v) is 9.19. The van der Waals surface area contributed by atoms with Crippen molar-refractivity contribution < 1.29 is 13.6 Å². The molecule has 30 heavy (non-hydrogen) atoms. The molecule has 0 saturated carbocycles. The molecule has 4 aromatic rings. The van der Waals surface area contributed by atoms with Crippen LogP contribution in [0.5, 0.6) is 0 Å². The van der Waals surface area contributed by atoms with Gasteiger partial charge in [0.25, 0.3) is 0 Å². The number of fused-ring (bicyclic) bond motifs is 1. The number of nitrogens with zero attached hydrogens (tertiary/aromatic N) is 4. The van der Waals surface area contributed by atoms with Gasteiger partial charge < -0.3 is 11.1 Å². The summed E-state index contributed by atoms with van der Waals surface area (Å²) < 4.78 is 29.1. The van der Waals surface area contributed by atoms with E-state index in [1.807, 2.05) is 0 Å². The molecule has 0 atom stereocenters. The Hall–Kier alpha value is -3.59. The molecule has 152 valence electrons. The van der Waals surface area contributed by atoms with Gasteiger partial charge in [-0.2, -0.15) is 5.10 Å². The number of nitrogens with one attached hydrogen (secondary N) is 1. The molecule has 2 heterocycles. The fourth-order valence-electron chi connectivity index (χ4n) is 3.12. The zero-order valence-corrected chi connectivity index (χ0v) is 16.4. The van der Waals surface area contributed by atoms with Crippen molar-refractivity contribution in [3.63, 3.8) is 0 Å². The minimum Gasteiger partial charge on any atom is -0.383 e. The molecule has 1 amide bonds. The third kappa shape index (κ3) is 3.67. The first-order chi connectivity index (χ1) is 14.3. The van der Waals surface area contributed by atoms with E-state index in [1.165, 1.54) is 43.6 Å². The van der Waals surface area contributed by atoms with Crippen LogP contribution < -0.4 is 11.1 Å². The molecule has 0 unspecified atom stereocenters. The molecular formula is C20H15ClF2N6O. The van der Waals surface area contributed by atoms with Crippen LogP contribution in [0.1, 0.15) is 12.5 Å². The zero-order chi connectivity index (χ0) is 21.4. The third-order valence-electron chi connectivity index (χ3n) is 4.43. The van der Waals surface area contributed by atoms with Gasteiger partial charge in [-0.3, -0.25) is 4.79 Å². The van der Waals surface area contributed by atoms with Gasteiger partial charge in [0.1, 0.15) is 29.5 Å². The van der Waals surface area contributed by atoms with Crippen LogP contribution in [0.3, 0.4) is 0 Å². The van der Waals surface area contributed by atoms with Gasteiger partial charge >= 0.3 is 0 Å². The van der Waals surface area contributed by atoms with Crippen LogP contribution in [-0.2, 0) is 11.3 Å². The second kappa shape index (κ2) is 7.68. The molecule has 0 aliphatic heterocycles. The first kappa shape index (κ1) is 19.7. The van der Waals surface area contributed by atoms with Gasteiger partial charge in [0.05, 0.1) is 22.6 Å². The highest BCUT2D eigenvalue weighted by Gasteiger charge is 2.18. The Balaban J connectivity index is 1.82. The third-order valence-corrected chi connectivity index (χ3v) is 4.72. The van der Waals surface area contributed by atoms with Crippen molar-refractivity contribution >= 4 is 40.0 Å². The van der Waals surface area contributed by atoms with E-state index in [-0.39, 0.29) is 29.0 Å². The normalized spacial score (nSPS) is 11.1. The number of rotatable bonds is 4. The first-order valence-electron chi connectivity index (χ1n) is 8.82. The van der Waals surface area contributed by atoms with E-state index in [1.54, 1.807) is 10.7 Å². The highest BCUT2D eigenvalue weighted by atomic mass is 35.5. The number of aromatic nitrogens is 4. The van der Waals surface area contributed by atoms with Crippen molar-refractivity contribution in [1.29, 1.82) is 0 Å². The average molecular weight is 429 g/mol. The van der Waals surface area contributed by atoms with E-state index in [0.29, 0.717) is 27.9 Å². The lowest BCUT2D eigenvalue weighted by molar-refractivity contribution is -0.114. The quantitative estimate of drug-likeness (QED) is 0.511. The van der Waals surface area contributed by atoms with E-state index in [0.717, 1.165) is 0 Å². The maximum Gasteiger partial charge on any atom is 0.221 e. The van der Waals surface area contributed by atoms with Crippen LogP contribution in [0, 0.1) is 11.6 Å². The summed E-state index contributed by atoms with van der Waals surface area (Å²) in [5.74, 6) is -1.27. The summed E-state index contributed by atoms with van der Waals surface area (Å²) in [6, 6.07) is 8.57. The van der Waals surface area contributed by atoms with Crippen molar-refractivity contribution in [2.75, 3.05) is 11.1 Å². The highest BCUT2D eigenvalue weighted by Crippen LogP contribution is 2.32. The second-order valence-electron chi connectivity index (χ2n) is 6.59. The molecule has 7 nitrogen and oxygen atoms in total. The number of hydrogen-bond acceptors (Lipinski definition) is 5. The monoisotopic (exact) mass is 428 g/mol. The lowest BCUT2D eigenvalue weighted by Gasteiger charge is -2.08. The number of carbonyl (C=O) groups excluding carboxylic acids is 1. The lowest BCUT2D eigenvalue weighted by atomic mass is 10.1. The summed E-state index contributed by atoms with van der Waals surface area (Å²) in [4.78, 5) is 19.6. The number of halogens is 3. The van der Waals surface area contributed by atoms with Crippen molar-refractivity contribution in [3.05, 3.63) is 64.9 Å². The Kier molecular flexibility index (Phi) is 5.04. The van der Waals surface area contributed by atoms with Gasteiger partial charge in [0, 0.05) is 12.5 Å². The van der Waals surface area contributed by atoms with E-state index in [4.69, 9.17) is 17.3 Å². The standard InChI is InChI=1S/C20H15ClF2N6O/c1-10(30)27-16-6-11(2-4-15(16)23)8-29-20-17(19(24)25-9-26-20)18(28-29)12-3-5-14(22)13(21)7-12/h2-7,9H,8H2,1H3,(H,27,30)(H2,24,25,26). The Bertz CT molecular complexity index is 1290. The topological polar surface area (TPSA) is 98.7 Å². The summed E-state index contributed by atoms with van der Waals surface area (Å²) in [6.07, 6.45) is 1.31. The summed E-state index contributed by atoms with van der Waals surface area (Å²) in [5, 5.41) is 7.46. The second-order valence-corrected chi connectivity index (χ2v) is 7.00. The SMILES string of the molecule is CC(=O)Nc1cc(Cn2nc(-c3ccc(F)c(Cl)c3)c3c(N)ncnc32)ccc1F. The molecule has 0 saturated heterocycles. The van der Waals surface area contributed by atoms with E-state index < -0.39 is 11.6 Å². The fourth-order valence-corrected chi connectivity index (χ4v) is 3.30. The number of carbonyl (C=O) groups is 1. The summed E-state index contributed by atoms with van der Waals surface area (Å²) in [6.45, 7) is 1.52. The van der Waals surface area contributed by atoms with Gasteiger partial charge in [0.2, 0.25) is 5.91 Å². The van der Waals surface area contributed by atoms with Gasteiger partial charge in [0.15, 0.2) is 5.65 Å². The number of benzene rings is 2. The molecule has 0 spiro atoms. The zero-order valence-electron chi connectivity index (χ0n) is 15.7. The fraction of sp³-hybridized carbons (Fsp3) is 0.100. The molecule has 0 fully saturated rings. The molecular weight excluding hydrogens is 414 g/mol. The van der Waals surface area contributed by atoms with Gasteiger partial charge in [-0.05, 0) is 35.9 Å². The summed E-state index contributed by atoms with van der Waals surface area (Å²) in [5.41, 5.74) is 8.23. The summed E-state index contributed by atoms with van der Waals surface area (Å²) in [7, 11) is 0. The average Bonchev–Trinajstić information content (AvgIpc) is 3.06. The van der Waals surface area contributed by atoms with Crippen LogP contribution >= 0.6 is 11.6 Å². The molecule has 2 aromatic heterocycles. The molecule has 0 aliphatic carbocycles. The van der Waals surface area contributed by atoms with Crippen molar-refractivity contribution in [2.24, 2.45) is 0 Å². The van der Waals surface area contributed by atoms with Crippen LogP contribution in [0.2, 0.25) is 5.02 Å². The minimum atomic E-state index is -0.551. The molecule has 2 aromatic carbocycles. The van der Waals surface area contributed by atoms with E-state index in [9.17, 15) is 13.6 Å². The van der Waals surface area contributed by atoms with E-state index in [2.05, 4.69) is 20.4 Å². The highest BCUT2D eigenvalue weighted by molar-refractivity contribution is 6.31. The Morgan fingerprint density at radius 3 is 2.67 bits per heavy atom. The van der Waals surface area contributed by atoms with Crippen molar-refractivity contribution in [3.8, 4) is 11.3 Å². The number of amides is 1. The van der Waals surface area contributed by atoms with Gasteiger partial charge in [-0.1, -0.05) is 17.7 Å². The summed E-state index contributed by atoms with van der Waals surface area (Å²) >= 11 is 5.92. The number of anilines is 2. The largest absolute Gasteiger partial charge is 0.383 e. The maximum atomic E-state index is 14.0. The van der Waals surface area contributed by atoms with Crippen LogP contribution in [-0.4, -0.2) is 25.7 Å². The predicted octanol–water partition coefficient (Wildman–Crippen LogP) is 4.01. The molecule has 0 radical (unpaired) electrons. The van der Waals surface area contributed by atoms with Gasteiger partial charge in [-0.25, -0.2) is 23.4 Å². The van der Waals surface area contributed by atoms with E-state index >= 15 is 0 Å². The molecule has 0 aliphatic rings. The number of hydrogen-bond donors (Lipinski definition) is 2. The van der Waals surface area contributed by atoms with Crippen LogP contribution in [0.15, 0.2) is 42.7 Å². The number of nitrogen functional groups attached to an aromatic ring is 1. The Morgan fingerprint density at radius 2 is 1.93 bits per heavy atom. The maximum absolute atomic E-state index is 14.0. The predicted molar refractivity (Wildman–Crippen MR) is 110 cm³/mol. The van der Waals surface area contributed by atoms with Crippen LogP contribution in [0.4, 0.5) is 20.3 Å². The van der Waals surface area contributed by atoms with Crippen molar-refractivity contribution in [2.45, 2.75) is 13.5 Å². The van der Waals surface area contributed by atoms with Gasteiger partial charge in [-0.15, -0.1) is 0 Å². The molecule has 3 N–H and O–H groups in total. The number of nitrogens with two attached hydrogens (primary N) is 1. The molecule has 0 bridgehead atoms. The Labute approximate surface area is 174 Å². The lowest BCUT2D eigenvalue weighted by Crippen LogP contribution is -2.09. The molecule has 10 heteroatoms. The Morgan fingerprint density at radius 1 is 1.17 bits per heavy atom. The smallest absolute Gasteiger partial charge is 0.221 e. The van der Waals surface area contributed by atoms with Crippen LogP contribution in [0.25, 0.3) is 22.3 Å². The minimum absolute atomic E-state index is 0.0518. The molecule has 4 rings (SSSR count).